The minimum atomic E-state index is 0.0463. The summed E-state index contributed by atoms with van der Waals surface area (Å²) in [6, 6.07) is 0.0463. The van der Waals surface area contributed by atoms with Crippen LogP contribution in [0.3, 0.4) is 0 Å². The summed E-state index contributed by atoms with van der Waals surface area (Å²) in [4.78, 5) is 12.7. The molecule has 3 nitrogen and oxygen atoms in total. The van der Waals surface area contributed by atoms with Crippen LogP contribution in [0.25, 0.3) is 0 Å². The van der Waals surface area contributed by atoms with Gasteiger partial charge >= 0.3 is 0 Å². The lowest BCUT2D eigenvalue weighted by atomic mass is 10.3. The maximum atomic E-state index is 11.1. The van der Waals surface area contributed by atoms with Crippen molar-refractivity contribution in [3.63, 3.8) is 0 Å². The van der Waals surface area contributed by atoms with E-state index in [0.717, 1.165) is 0 Å². The highest BCUT2D eigenvalue weighted by atomic mass is 32.2. The number of thiocarbonyl (C=S) groups is 1. The summed E-state index contributed by atoms with van der Waals surface area (Å²) in [6.45, 7) is 2.36. The van der Waals surface area contributed by atoms with Crippen molar-refractivity contribution >= 4 is 34.2 Å². The number of carbonyl (C=O) groups excluding carboxylic acids is 1. The molecular weight excluding hydrogens is 180 g/mol. The van der Waals surface area contributed by atoms with Crippen LogP contribution in [0.15, 0.2) is 0 Å². The molecule has 2 N–H and O–H groups in total. The highest BCUT2D eigenvalue weighted by Crippen LogP contribution is 2.21. The van der Waals surface area contributed by atoms with Gasteiger partial charge in [-0.1, -0.05) is 24.0 Å². The number of amides is 1. The van der Waals surface area contributed by atoms with Crippen LogP contribution in [0.2, 0.25) is 0 Å². The lowest BCUT2D eigenvalue weighted by Crippen LogP contribution is -2.41. The van der Waals surface area contributed by atoms with Crippen LogP contribution in [0.5, 0.6) is 0 Å². The maximum Gasteiger partial charge on any atom is 0.238 e. The van der Waals surface area contributed by atoms with Gasteiger partial charge in [0.15, 0.2) is 0 Å². The van der Waals surface area contributed by atoms with Crippen molar-refractivity contribution in [3.05, 3.63) is 0 Å². The number of hydrogen-bond donors (Lipinski definition) is 1. The Bertz CT molecular complexity index is 179. The Morgan fingerprint density at radius 1 is 1.91 bits per heavy atom. The highest BCUT2D eigenvalue weighted by molar-refractivity contribution is 8.23. The van der Waals surface area contributed by atoms with E-state index in [4.69, 9.17) is 18.0 Å². The normalized spacial score (nSPS) is 21.1. The molecule has 1 amide bonds. The van der Waals surface area contributed by atoms with E-state index in [1.165, 1.54) is 11.8 Å². The molecule has 1 heterocycles. The first-order valence-electron chi connectivity index (χ1n) is 3.35. The van der Waals surface area contributed by atoms with Crippen LogP contribution in [0, 0.1) is 0 Å². The van der Waals surface area contributed by atoms with E-state index < -0.39 is 0 Å². The first-order valence-corrected chi connectivity index (χ1v) is 4.75. The Balaban J connectivity index is 2.68. The molecule has 0 aromatic rings. The highest BCUT2D eigenvalue weighted by Gasteiger charge is 2.29. The Labute approximate surface area is 75.3 Å². The van der Waals surface area contributed by atoms with Gasteiger partial charge in [0.05, 0.1) is 5.75 Å². The predicted molar refractivity (Wildman–Crippen MR) is 50.4 cm³/mol. The van der Waals surface area contributed by atoms with Crippen molar-refractivity contribution in [2.24, 2.45) is 5.73 Å². The lowest BCUT2D eigenvalue weighted by molar-refractivity contribution is -0.125. The third-order valence-electron chi connectivity index (χ3n) is 1.57. The molecule has 0 saturated carbocycles. The van der Waals surface area contributed by atoms with Crippen molar-refractivity contribution in [1.29, 1.82) is 0 Å². The van der Waals surface area contributed by atoms with E-state index in [2.05, 4.69) is 0 Å². The molecule has 11 heavy (non-hydrogen) atoms. The maximum absolute atomic E-state index is 11.1. The van der Waals surface area contributed by atoms with Gasteiger partial charge in [0.25, 0.3) is 0 Å². The number of nitrogens with two attached hydrogens (primary N) is 1. The van der Waals surface area contributed by atoms with E-state index >= 15 is 0 Å². The number of hydrogen-bond acceptors (Lipinski definition) is 4. The van der Waals surface area contributed by atoms with E-state index in [9.17, 15) is 4.79 Å². The van der Waals surface area contributed by atoms with Crippen LogP contribution in [0.4, 0.5) is 0 Å². The minimum Gasteiger partial charge on any atom is -0.328 e. The number of thioether (sulfide) groups is 1. The van der Waals surface area contributed by atoms with E-state index in [1.54, 1.807) is 4.90 Å². The van der Waals surface area contributed by atoms with Crippen LogP contribution >= 0.6 is 24.0 Å². The molecule has 1 aliphatic heterocycles. The van der Waals surface area contributed by atoms with Crippen molar-refractivity contribution in [1.82, 2.24) is 4.90 Å². The van der Waals surface area contributed by atoms with Crippen LogP contribution in [-0.4, -0.2) is 33.5 Å². The van der Waals surface area contributed by atoms with Gasteiger partial charge in [0.1, 0.15) is 4.32 Å². The molecule has 1 atom stereocenters. The number of rotatable bonds is 2. The summed E-state index contributed by atoms with van der Waals surface area (Å²) in [6.07, 6.45) is 0. The summed E-state index contributed by atoms with van der Waals surface area (Å²) in [7, 11) is 0. The fourth-order valence-corrected chi connectivity index (χ4v) is 2.16. The van der Waals surface area contributed by atoms with Gasteiger partial charge in [0, 0.05) is 12.6 Å². The zero-order valence-corrected chi connectivity index (χ0v) is 7.87. The molecule has 1 rings (SSSR count). The fourth-order valence-electron chi connectivity index (χ4n) is 0.896. The summed E-state index contributed by atoms with van der Waals surface area (Å²) < 4.78 is 0.660. The molecule has 1 unspecified atom stereocenters. The van der Waals surface area contributed by atoms with Gasteiger partial charge in [-0.25, -0.2) is 0 Å². The number of carbonyl (C=O) groups is 1. The lowest BCUT2D eigenvalue weighted by Gasteiger charge is -2.21. The van der Waals surface area contributed by atoms with Gasteiger partial charge in [-0.3, -0.25) is 9.69 Å². The Morgan fingerprint density at radius 3 is 2.91 bits per heavy atom. The largest absolute Gasteiger partial charge is 0.328 e. The molecule has 0 bridgehead atoms. The fraction of sp³-hybridized carbons (Fsp3) is 0.667. The first-order chi connectivity index (χ1) is 5.16. The van der Waals surface area contributed by atoms with Gasteiger partial charge in [-0.05, 0) is 6.92 Å². The van der Waals surface area contributed by atoms with Crippen molar-refractivity contribution in [3.8, 4) is 0 Å². The summed E-state index contributed by atoms with van der Waals surface area (Å²) >= 11 is 6.38. The first kappa shape index (κ1) is 8.96. The third-order valence-corrected chi connectivity index (χ3v) is 2.95. The summed E-state index contributed by atoms with van der Waals surface area (Å²) in [5.74, 6) is 0.557. The quantitative estimate of drug-likeness (QED) is 0.632. The van der Waals surface area contributed by atoms with Gasteiger partial charge < -0.3 is 5.73 Å². The molecule has 62 valence electrons. The number of nitrogens with zero attached hydrogens (tertiary/aromatic N) is 1. The second kappa shape index (κ2) is 3.51. The second-order valence-corrected chi connectivity index (χ2v) is 4.01. The predicted octanol–water partition coefficient (Wildman–Crippen LogP) is 0.194. The Kier molecular flexibility index (Phi) is 2.86. The smallest absolute Gasteiger partial charge is 0.238 e. The zero-order valence-electron chi connectivity index (χ0n) is 6.24. The molecule has 1 aliphatic rings. The van der Waals surface area contributed by atoms with Crippen molar-refractivity contribution in [2.45, 2.75) is 13.0 Å². The van der Waals surface area contributed by atoms with Crippen molar-refractivity contribution < 1.29 is 4.79 Å². The SMILES string of the molecule is CC(CN)N1C(=O)CSC1=S. The molecule has 0 aromatic heterocycles. The average molecular weight is 190 g/mol. The molecule has 1 saturated heterocycles. The monoisotopic (exact) mass is 190 g/mol. The minimum absolute atomic E-state index is 0.0463. The van der Waals surface area contributed by atoms with Gasteiger partial charge in [0.2, 0.25) is 5.91 Å². The standard InChI is InChI=1S/C6H10N2OS2/c1-4(2-7)8-5(9)3-11-6(8)10/h4H,2-3,7H2,1H3. The average Bonchev–Trinajstić information content (AvgIpc) is 2.30. The van der Waals surface area contributed by atoms with Gasteiger partial charge in [-0.2, -0.15) is 0 Å². The Morgan fingerprint density at radius 2 is 2.55 bits per heavy atom. The molecule has 0 spiro atoms. The van der Waals surface area contributed by atoms with E-state index in [1.807, 2.05) is 6.92 Å². The second-order valence-electron chi connectivity index (χ2n) is 2.40. The molecule has 0 aromatic carbocycles. The van der Waals surface area contributed by atoms with E-state index in [-0.39, 0.29) is 11.9 Å². The van der Waals surface area contributed by atoms with Crippen LogP contribution in [0.1, 0.15) is 6.92 Å². The van der Waals surface area contributed by atoms with Crippen molar-refractivity contribution in [2.75, 3.05) is 12.3 Å². The van der Waals surface area contributed by atoms with Gasteiger partial charge in [-0.15, -0.1) is 0 Å². The molecule has 0 radical (unpaired) electrons. The Hall–Kier alpha value is -0.130. The van der Waals surface area contributed by atoms with Crippen LogP contribution in [-0.2, 0) is 4.79 Å². The topological polar surface area (TPSA) is 46.3 Å². The molecule has 1 fully saturated rings. The van der Waals surface area contributed by atoms with E-state index in [0.29, 0.717) is 16.6 Å². The zero-order chi connectivity index (χ0) is 8.43. The molecule has 0 aliphatic carbocycles. The molecular formula is C6H10N2OS2. The van der Waals surface area contributed by atoms with Crippen LogP contribution < -0.4 is 5.73 Å². The third kappa shape index (κ3) is 1.72. The summed E-state index contributed by atoms with van der Waals surface area (Å²) in [5, 5.41) is 0. The summed E-state index contributed by atoms with van der Waals surface area (Å²) in [5.41, 5.74) is 5.41. The molecule has 5 heteroatoms.